The molecule has 1 saturated carbocycles. The average Bonchev–Trinajstić information content (AvgIpc) is 2.06. The van der Waals surface area contributed by atoms with Gasteiger partial charge in [-0.25, -0.2) is 0 Å². The summed E-state index contributed by atoms with van der Waals surface area (Å²) >= 11 is 0. The third kappa shape index (κ3) is 3.81. The summed E-state index contributed by atoms with van der Waals surface area (Å²) in [5.41, 5.74) is 0.762. The predicted octanol–water partition coefficient (Wildman–Crippen LogP) is 5.42. The van der Waals surface area contributed by atoms with Crippen molar-refractivity contribution in [3.05, 3.63) is 0 Å². The van der Waals surface area contributed by atoms with Gasteiger partial charge >= 0.3 is 0 Å². The second-order valence-corrected chi connectivity index (χ2v) is 6.36. The van der Waals surface area contributed by atoms with Crippen molar-refractivity contribution in [1.29, 1.82) is 0 Å². The first kappa shape index (κ1) is 13.1. The number of hydrogen-bond donors (Lipinski definition) is 0. The van der Waals surface area contributed by atoms with Crippen LogP contribution in [0.25, 0.3) is 0 Å². The molecule has 0 heteroatoms. The highest BCUT2D eigenvalue weighted by Crippen LogP contribution is 2.50. The molecular weight excluding hydrogens is 180 g/mol. The van der Waals surface area contributed by atoms with Gasteiger partial charge in [0, 0.05) is 0 Å². The van der Waals surface area contributed by atoms with Gasteiger partial charge in [-0.3, -0.25) is 0 Å². The van der Waals surface area contributed by atoms with Crippen LogP contribution in [0, 0.1) is 17.3 Å². The summed E-state index contributed by atoms with van der Waals surface area (Å²) in [6.07, 6.45) is 11.8. The zero-order valence-corrected chi connectivity index (χ0v) is 11.3. The maximum Gasteiger partial charge on any atom is -0.0274 e. The number of unbranched alkanes of at least 4 members (excludes halogenated alkanes) is 2. The second kappa shape index (κ2) is 5.92. The lowest BCUT2D eigenvalue weighted by molar-refractivity contribution is 0.0540. The molecule has 0 aromatic carbocycles. The lowest BCUT2D eigenvalue weighted by Crippen LogP contribution is -2.34. The quantitative estimate of drug-likeness (QED) is 0.492. The van der Waals surface area contributed by atoms with Crippen molar-refractivity contribution in [2.24, 2.45) is 17.3 Å². The molecule has 0 heterocycles. The van der Waals surface area contributed by atoms with Gasteiger partial charge in [-0.05, 0) is 36.5 Å². The highest BCUT2D eigenvalue weighted by atomic mass is 14.4. The normalized spacial score (nSPS) is 19.6. The van der Waals surface area contributed by atoms with Gasteiger partial charge in [-0.2, -0.15) is 0 Å². The Kier molecular flexibility index (Phi) is 5.15. The van der Waals surface area contributed by atoms with Gasteiger partial charge in [0.1, 0.15) is 0 Å². The molecule has 0 nitrogen and oxygen atoms in total. The Hall–Kier alpha value is 0. The fourth-order valence-corrected chi connectivity index (χ4v) is 2.95. The maximum absolute atomic E-state index is 2.42. The average molecular weight is 210 g/mol. The van der Waals surface area contributed by atoms with Gasteiger partial charge in [0.15, 0.2) is 0 Å². The van der Waals surface area contributed by atoms with E-state index in [1.807, 2.05) is 0 Å². The van der Waals surface area contributed by atoms with Crippen LogP contribution < -0.4 is 0 Å². The van der Waals surface area contributed by atoms with Crippen molar-refractivity contribution in [1.82, 2.24) is 0 Å². The van der Waals surface area contributed by atoms with Crippen LogP contribution >= 0.6 is 0 Å². The van der Waals surface area contributed by atoms with E-state index in [9.17, 15) is 0 Å². The zero-order chi connectivity index (χ0) is 11.3. The van der Waals surface area contributed by atoms with Crippen LogP contribution in [0.3, 0.4) is 0 Å². The van der Waals surface area contributed by atoms with Crippen LogP contribution in [-0.4, -0.2) is 0 Å². The summed E-state index contributed by atoms with van der Waals surface area (Å²) in [4.78, 5) is 0. The van der Waals surface area contributed by atoms with E-state index >= 15 is 0 Å². The topological polar surface area (TPSA) is 0 Å². The molecule has 0 bridgehead atoms. The lowest BCUT2D eigenvalue weighted by Gasteiger charge is -2.46. The fraction of sp³-hybridized carbons (Fsp3) is 1.00. The summed E-state index contributed by atoms with van der Waals surface area (Å²) in [5, 5.41) is 0. The minimum Gasteiger partial charge on any atom is -0.0628 e. The Morgan fingerprint density at radius 3 is 2.00 bits per heavy atom. The van der Waals surface area contributed by atoms with Gasteiger partial charge in [0.05, 0.1) is 0 Å². The van der Waals surface area contributed by atoms with E-state index in [0.29, 0.717) is 0 Å². The third-order valence-electron chi connectivity index (χ3n) is 4.53. The van der Waals surface area contributed by atoms with E-state index in [-0.39, 0.29) is 0 Å². The molecule has 0 unspecified atom stereocenters. The van der Waals surface area contributed by atoms with Crippen LogP contribution in [0.1, 0.15) is 79.1 Å². The van der Waals surface area contributed by atoms with E-state index in [1.165, 1.54) is 51.4 Å². The molecular formula is C15H30. The summed E-state index contributed by atoms with van der Waals surface area (Å²) in [7, 11) is 0. The maximum atomic E-state index is 2.42. The van der Waals surface area contributed by atoms with E-state index in [1.54, 1.807) is 0 Å². The largest absolute Gasteiger partial charge is 0.0628 e. The van der Waals surface area contributed by atoms with Gasteiger partial charge < -0.3 is 0 Å². The molecule has 1 fully saturated rings. The molecule has 0 saturated heterocycles. The molecule has 1 rings (SSSR count). The first-order chi connectivity index (χ1) is 7.07. The SMILES string of the molecule is CC(C)CCCCCC1(C(C)C)CCC1. The van der Waals surface area contributed by atoms with E-state index in [2.05, 4.69) is 27.7 Å². The van der Waals surface area contributed by atoms with Crippen molar-refractivity contribution in [2.45, 2.75) is 79.1 Å². The minimum atomic E-state index is 0.762. The minimum absolute atomic E-state index is 0.762. The highest BCUT2D eigenvalue weighted by molar-refractivity contribution is 4.89. The Morgan fingerprint density at radius 1 is 0.933 bits per heavy atom. The molecule has 0 aromatic heterocycles. The van der Waals surface area contributed by atoms with Crippen LogP contribution in [0.15, 0.2) is 0 Å². The second-order valence-electron chi connectivity index (χ2n) is 6.36. The molecule has 1 aliphatic rings. The van der Waals surface area contributed by atoms with E-state index in [4.69, 9.17) is 0 Å². The molecule has 0 amide bonds. The Morgan fingerprint density at radius 2 is 1.60 bits per heavy atom. The van der Waals surface area contributed by atoms with Crippen molar-refractivity contribution < 1.29 is 0 Å². The van der Waals surface area contributed by atoms with Crippen LogP contribution in [0.5, 0.6) is 0 Å². The van der Waals surface area contributed by atoms with Crippen LogP contribution in [0.4, 0.5) is 0 Å². The predicted molar refractivity (Wildman–Crippen MR) is 69.0 cm³/mol. The van der Waals surface area contributed by atoms with Gasteiger partial charge in [-0.15, -0.1) is 0 Å². The number of hydrogen-bond acceptors (Lipinski definition) is 0. The van der Waals surface area contributed by atoms with Crippen molar-refractivity contribution in [3.8, 4) is 0 Å². The Balaban J connectivity index is 2.08. The van der Waals surface area contributed by atoms with Gasteiger partial charge in [0.2, 0.25) is 0 Å². The Bertz CT molecular complexity index is 163. The summed E-state index contributed by atoms with van der Waals surface area (Å²) in [6, 6.07) is 0. The summed E-state index contributed by atoms with van der Waals surface area (Å²) < 4.78 is 0. The van der Waals surface area contributed by atoms with Crippen molar-refractivity contribution >= 4 is 0 Å². The molecule has 0 spiro atoms. The third-order valence-corrected chi connectivity index (χ3v) is 4.53. The van der Waals surface area contributed by atoms with Gasteiger partial charge in [-0.1, -0.05) is 59.8 Å². The molecule has 0 aromatic rings. The summed E-state index contributed by atoms with van der Waals surface area (Å²) in [6.45, 7) is 9.52. The van der Waals surface area contributed by atoms with Crippen molar-refractivity contribution in [3.63, 3.8) is 0 Å². The van der Waals surface area contributed by atoms with E-state index in [0.717, 1.165) is 17.3 Å². The first-order valence-electron chi connectivity index (χ1n) is 7.07. The highest BCUT2D eigenvalue weighted by Gasteiger charge is 2.38. The van der Waals surface area contributed by atoms with Crippen LogP contribution in [-0.2, 0) is 0 Å². The molecule has 1 aliphatic carbocycles. The lowest BCUT2D eigenvalue weighted by atomic mass is 9.60. The van der Waals surface area contributed by atoms with Crippen molar-refractivity contribution in [2.75, 3.05) is 0 Å². The number of rotatable bonds is 7. The molecule has 15 heavy (non-hydrogen) atoms. The molecule has 0 radical (unpaired) electrons. The van der Waals surface area contributed by atoms with Crippen LogP contribution in [0.2, 0.25) is 0 Å². The molecule has 0 aliphatic heterocycles. The molecule has 0 atom stereocenters. The molecule has 0 N–H and O–H groups in total. The van der Waals surface area contributed by atoms with Gasteiger partial charge in [0.25, 0.3) is 0 Å². The standard InChI is InChI=1S/C15H30/c1-13(2)9-6-5-7-10-15(14(3)4)11-8-12-15/h13-14H,5-12H2,1-4H3. The monoisotopic (exact) mass is 210 g/mol. The zero-order valence-electron chi connectivity index (χ0n) is 11.3. The summed E-state index contributed by atoms with van der Waals surface area (Å²) in [5.74, 6) is 1.81. The smallest absolute Gasteiger partial charge is 0.0274 e. The fourth-order valence-electron chi connectivity index (χ4n) is 2.95. The molecule has 90 valence electrons. The first-order valence-corrected chi connectivity index (χ1v) is 7.07. The van der Waals surface area contributed by atoms with E-state index < -0.39 is 0 Å². The Labute approximate surface area is 96.8 Å².